The second kappa shape index (κ2) is 5.51. The van der Waals surface area contributed by atoms with Crippen LogP contribution >= 0.6 is 0 Å². The van der Waals surface area contributed by atoms with Gasteiger partial charge in [-0.2, -0.15) is 0 Å². The third-order valence-electron chi connectivity index (χ3n) is 2.40. The highest BCUT2D eigenvalue weighted by Gasteiger charge is 2.19. The molecular weight excluding hydrogens is 236 g/mol. The van der Waals surface area contributed by atoms with Crippen LogP contribution < -0.4 is 5.73 Å². The Labute approximate surface area is 103 Å². The Hall–Kier alpha value is -1.07. The molecule has 0 aliphatic carbocycles. The Morgan fingerprint density at radius 2 is 2.00 bits per heavy atom. The number of nitrogens with two attached hydrogens (primary N) is 1. The van der Waals surface area contributed by atoms with E-state index >= 15 is 0 Å². The van der Waals surface area contributed by atoms with Crippen molar-refractivity contribution in [1.29, 1.82) is 0 Å². The van der Waals surface area contributed by atoms with Crippen LogP contribution in [0.2, 0.25) is 0 Å². The van der Waals surface area contributed by atoms with Crippen molar-refractivity contribution in [3.8, 4) is 0 Å². The Morgan fingerprint density at radius 3 is 2.53 bits per heavy atom. The average Bonchev–Trinajstić information content (AvgIpc) is 2.15. The van der Waals surface area contributed by atoms with E-state index in [0.717, 1.165) is 5.56 Å². The number of nitrogens with zero attached hydrogens (tertiary/aromatic N) is 1. The summed E-state index contributed by atoms with van der Waals surface area (Å²) in [4.78, 5) is 0. The first-order chi connectivity index (χ1) is 7.81. The van der Waals surface area contributed by atoms with Crippen LogP contribution in [-0.4, -0.2) is 26.3 Å². The van der Waals surface area contributed by atoms with E-state index in [0.29, 0.717) is 18.2 Å². The minimum atomic E-state index is -3.25. The lowest BCUT2D eigenvalue weighted by atomic mass is 10.2. The van der Waals surface area contributed by atoms with E-state index in [1.165, 1.54) is 4.31 Å². The maximum atomic E-state index is 12.0. The predicted octanol–water partition coefficient (Wildman–Crippen LogP) is 1.69. The van der Waals surface area contributed by atoms with Crippen LogP contribution in [0.3, 0.4) is 0 Å². The first-order valence-corrected chi connectivity index (χ1v) is 7.20. The van der Waals surface area contributed by atoms with Crippen molar-refractivity contribution >= 4 is 15.7 Å². The molecule has 1 rings (SSSR count). The second-order valence-electron chi connectivity index (χ2n) is 4.68. The summed E-state index contributed by atoms with van der Waals surface area (Å²) in [5.74, 6) is 0.317. The Balaban J connectivity index is 2.79. The average molecular weight is 256 g/mol. The molecule has 0 atom stereocenters. The standard InChI is InChI=1S/C12H20N2O2S/c1-10(2)8-14(3)17(15,16)9-11-5-4-6-12(13)7-11/h4-7,10H,8-9,13H2,1-3H3. The van der Waals surface area contributed by atoms with Gasteiger partial charge >= 0.3 is 0 Å². The summed E-state index contributed by atoms with van der Waals surface area (Å²) in [7, 11) is -1.63. The van der Waals surface area contributed by atoms with Gasteiger partial charge in [-0.3, -0.25) is 0 Å². The van der Waals surface area contributed by atoms with Crippen LogP contribution in [0.4, 0.5) is 5.69 Å². The molecule has 0 bridgehead atoms. The van der Waals surface area contributed by atoms with Gasteiger partial charge in [-0.1, -0.05) is 26.0 Å². The van der Waals surface area contributed by atoms with Gasteiger partial charge in [0.15, 0.2) is 0 Å². The van der Waals surface area contributed by atoms with E-state index < -0.39 is 10.0 Å². The third-order valence-corrected chi connectivity index (χ3v) is 4.19. The number of benzene rings is 1. The zero-order valence-electron chi connectivity index (χ0n) is 10.6. The number of anilines is 1. The highest BCUT2D eigenvalue weighted by atomic mass is 32.2. The highest BCUT2D eigenvalue weighted by Crippen LogP contribution is 2.13. The van der Waals surface area contributed by atoms with E-state index in [1.54, 1.807) is 31.3 Å². The molecule has 1 aromatic rings. The van der Waals surface area contributed by atoms with E-state index in [4.69, 9.17) is 5.73 Å². The molecule has 0 fully saturated rings. The van der Waals surface area contributed by atoms with Gasteiger partial charge < -0.3 is 5.73 Å². The van der Waals surface area contributed by atoms with Crippen molar-refractivity contribution in [3.05, 3.63) is 29.8 Å². The van der Waals surface area contributed by atoms with Crippen LogP contribution in [0.1, 0.15) is 19.4 Å². The van der Waals surface area contributed by atoms with Crippen molar-refractivity contribution in [3.63, 3.8) is 0 Å². The summed E-state index contributed by atoms with van der Waals surface area (Å²) in [6.07, 6.45) is 0. The van der Waals surface area contributed by atoms with Gasteiger partial charge in [0.2, 0.25) is 10.0 Å². The van der Waals surface area contributed by atoms with Crippen molar-refractivity contribution in [2.45, 2.75) is 19.6 Å². The zero-order valence-corrected chi connectivity index (χ0v) is 11.4. The topological polar surface area (TPSA) is 63.4 Å². The molecule has 2 N–H and O–H groups in total. The highest BCUT2D eigenvalue weighted by molar-refractivity contribution is 7.88. The molecule has 0 aliphatic rings. The van der Waals surface area contributed by atoms with Crippen molar-refractivity contribution in [2.24, 2.45) is 5.92 Å². The molecular formula is C12H20N2O2S. The lowest BCUT2D eigenvalue weighted by molar-refractivity contribution is 0.416. The normalized spacial score (nSPS) is 12.3. The van der Waals surface area contributed by atoms with Gasteiger partial charge in [-0.25, -0.2) is 12.7 Å². The minimum Gasteiger partial charge on any atom is -0.399 e. The molecule has 1 aromatic carbocycles. The molecule has 0 unspecified atom stereocenters. The smallest absolute Gasteiger partial charge is 0.218 e. The largest absolute Gasteiger partial charge is 0.399 e. The van der Waals surface area contributed by atoms with E-state index in [9.17, 15) is 8.42 Å². The summed E-state index contributed by atoms with van der Waals surface area (Å²) in [5, 5.41) is 0. The SMILES string of the molecule is CC(C)CN(C)S(=O)(=O)Cc1cccc(N)c1. The molecule has 0 spiro atoms. The quantitative estimate of drug-likeness (QED) is 0.815. The molecule has 96 valence electrons. The van der Waals surface area contributed by atoms with Gasteiger partial charge in [-0.05, 0) is 23.6 Å². The molecule has 17 heavy (non-hydrogen) atoms. The number of rotatable bonds is 5. The summed E-state index contributed by atoms with van der Waals surface area (Å²) in [6.45, 7) is 4.52. The maximum absolute atomic E-state index is 12.0. The Bertz CT molecular complexity index is 469. The monoisotopic (exact) mass is 256 g/mol. The molecule has 0 saturated heterocycles. The van der Waals surface area contributed by atoms with Crippen molar-refractivity contribution < 1.29 is 8.42 Å². The molecule has 5 heteroatoms. The fourth-order valence-electron chi connectivity index (χ4n) is 1.63. The zero-order chi connectivity index (χ0) is 13.1. The van der Waals surface area contributed by atoms with Crippen LogP contribution in [0.25, 0.3) is 0 Å². The van der Waals surface area contributed by atoms with Crippen LogP contribution in [-0.2, 0) is 15.8 Å². The molecule has 0 aliphatic heterocycles. The van der Waals surface area contributed by atoms with Gasteiger partial charge in [0, 0.05) is 19.3 Å². The molecule has 0 aromatic heterocycles. The van der Waals surface area contributed by atoms with E-state index in [-0.39, 0.29) is 5.75 Å². The first kappa shape index (κ1) is 14.0. The summed E-state index contributed by atoms with van der Waals surface area (Å²) in [5.41, 5.74) is 6.94. The maximum Gasteiger partial charge on any atom is 0.218 e. The number of hydrogen-bond donors (Lipinski definition) is 1. The minimum absolute atomic E-state index is 0.00125. The first-order valence-electron chi connectivity index (χ1n) is 5.59. The lowest BCUT2D eigenvalue weighted by Gasteiger charge is -2.19. The number of hydrogen-bond acceptors (Lipinski definition) is 3. The van der Waals surface area contributed by atoms with Crippen molar-refractivity contribution in [1.82, 2.24) is 4.31 Å². The third kappa shape index (κ3) is 4.36. The summed E-state index contributed by atoms with van der Waals surface area (Å²) in [6, 6.07) is 6.98. The van der Waals surface area contributed by atoms with Gasteiger partial charge in [0.05, 0.1) is 5.75 Å². The van der Waals surface area contributed by atoms with Crippen molar-refractivity contribution in [2.75, 3.05) is 19.3 Å². The van der Waals surface area contributed by atoms with E-state index in [2.05, 4.69) is 0 Å². The summed E-state index contributed by atoms with van der Waals surface area (Å²) < 4.78 is 25.5. The predicted molar refractivity (Wildman–Crippen MR) is 70.9 cm³/mol. The van der Waals surface area contributed by atoms with Gasteiger partial charge in [0.1, 0.15) is 0 Å². The lowest BCUT2D eigenvalue weighted by Crippen LogP contribution is -2.31. The fraction of sp³-hybridized carbons (Fsp3) is 0.500. The van der Waals surface area contributed by atoms with Crippen LogP contribution in [0.5, 0.6) is 0 Å². The van der Waals surface area contributed by atoms with Crippen LogP contribution in [0, 0.1) is 5.92 Å². The van der Waals surface area contributed by atoms with Gasteiger partial charge in [-0.15, -0.1) is 0 Å². The second-order valence-corrected chi connectivity index (χ2v) is 6.75. The Kier molecular flexibility index (Phi) is 4.54. The van der Waals surface area contributed by atoms with Gasteiger partial charge in [0.25, 0.3) is 0 Å². The Morgan fingerprint density at radius 1 is 1.35 bits per heavy atom. The number of nitrogen functional groups attached to an aromatic ring is 1. The molecule has 0 radical (unpaired) electrons. The molecule has 0 amide bonds. The molecule has 0 saturated carbocycles. The molecule has 4 nitrogen and oxygen atoms in total. The fourth-order valence-corrected chi connectivity index (χ4v) is 2.98. The molecule has 0 heterocycles. The van der Waals surface area contributed by atoms with Crippen LogP contribution in [0.15, 0.2) is 24.3 Å². The number of sulfonamides is 1. The summed E-state index contributed by atoms with van der Waals surface area (Å²) >= 11 is 0. The van der Waals surface area contributed by atoms with E-state index in [1.807, 2.05) is 13.8 Å².